The summed E-state index contributed by atoms with van der Waals surface area (Å²) in [7, 11) is 0. The van der Waals surface area contributed by atoms with Gasteiger partial charge in [-0.1, -0.05) is 66.7 Å². The zero-order valence-corrected chi connectivity index (χ0v) is 44.0. The Morgan fingerprint density at radius 3 is 0.731 bits per heavy atom. The molecule has 0 spiro atoms. The number of halogens is 38. The van der Waals surface area contributed by atoms with E-state index in [2.05, 4.69) is 9.47 Å². The van der Waals surface area contributed by atoms with Crippen LogP contribution in [0.25, 0.3) is 11.1 Å². The Bertz CT molecular complexity index is 3060. The summed E-state index contributed by atoms with van der Waals surface area (Å²) in [5.74, 6) is -130. The Morgan fingerprint density at radius 2 is 0.484 bits per heavy atom. The van der Waals surface area contributed by atoms with E-state index in [-0.39, 0.29) is 28.2 Å². The van der Waals surface area contributed by atoms with Gasteiger partial charge in [0.05, 0.1) is 0 Å². The fourth-order valence-electron chi connectivity index (χ4n) is 7.59. The van der Waals surface area contributed by atoms with Crippen LogP contribution in [-0.4, -0.2) is 119 Å². The normalized spacial score (nSPS) is 14.9. The second-order valence-corrected chi connectivity index (χ2v) is 19.3. The zero-order chi connectivity index (χ0) is 72.5. The molecule has 5 nitrogen and oxygen atoms in total. The molecule has 524 valence electrons. The number of hydrogen-bond acceptors (Lipinski definition) is 5. The third kappa shape index (κ3) is 12.9. The van der Waals surface area contributed by atoms with Gasteiger partial charge in [0.25, 0.3) is 0 Å². The predicted molar refractivity (Wildman–Crippen MR) is 236 cm³/mol. The van der Waals surface area contributed by atoms with E-state index >= 15 is 0 Å². The van der Waals surface area contributed by atoms with Crippen LogP contribution in [0.3, 0.4) is 0 Å². The monoisotopic (exact) mass is 1430 g/mol. The minimum absolute atomic E-state index is 0.0150. The maximum atomic E-state index is 14.3. The van der Waals surface area contributed by atoms with Crippen LogP contribution in [0.15, 0.2) is 103 Å². The van der Waals surface area contributed by atoms with E-state index in [0.29, 0.717) is 11.1 Å². The van der Waals surface area contributed by atoms with E-state index in [9.17, 15) is 176 Å². The lowest BCUT2D eigenvalue weighted by atomic mass is 9.88. The molecule has 4 aromatic carbocycles. The maximum Gasteiger partial charge on any atom is 0.473 e. The van der Waals surface area contributed by atoms with E-state index < -0.39 is 158 Å². The van der Waals surface area contributed by atoms with Crippen LogP contribution in [-0.2, 0) is 31.9 Å². The smallest absolute Gasteiger partial charge is 0.396 e. The van der Waals surface area contributed by atoms with Crippen molar-refractivity contribution in [2.24, 2.45) is 0 Å². The molecule has 93 heavy (non-hydrogen) atoms. The van der Waals surface area contributed by atoms with Crippen molar-refractivity contribution in [3.63, 3.8) is 0 Å². The van der Waals surface area contributed by atoms with Crippen LogP contribution >= 0.6 is 0 Å². The van der Waals surface area contributed by atoms with Gasteiger partial charge in [-0.05, 0) is 84.3 Å². The quantitative estimate of drug-likeness (QED) is 0.0419. The van der Waals surface area contributed by atoms with Gasteiger partial charge in [0.1, 0.15) is 0 Å². The molecular weight excluding hydrogens is 1400 g/mol. The van der Waals surface area contributed by atoms with Crippen LogP contribution < -0.4 is 4.90 Å². The molecule has 0 N–H and O–H groups in total. The zero-order valence-electron chi connectivity index (χ0n) is 44.0. The van der Waals surface area contributed by atoms with Crippen molar-refractivity contribution >= 4 is 29.0 Å². The molecule has 0 atom stereocenters. The highest BCUT2D eigenvalue weighted by molar-refractivity contribution is 5.78. The van der Waals surface area contributed by atoms with Crippen molar-refractivity contribution in [2.45, 2.75) is 146 Å². The summed E-state index contributed by atoms with van der Waals surface area (Å²) in [5.41, 5.74) is 1.58. The second kappa shape index (κ2) is 24.6. The maximum absolute atomic E-state index is 14.3. The molecule has 0 aliphatic rings. The van der Waals surface area contributed by atoms with Gasteiger partial charge in [0.2, 0.25) is 0 Å². The fraction of sp³-hybridized carbons (Fsp3) is 0.480. The van der Waals surface area contributed by atoms with Gasteiger partial charge in [-0.15, -0.1) is 0 Å². The first-order valence-electron chi connectivity index (χ1n) is 24.1. The molecule has 0 saturated carbocycles. The Hall–Kier alpha value is -7.04. The third-order valence-electron chi connectivity index (χ3n) is 13.0. The van der Waals surface area contributed by atoms with E-state index in [1.54, 1.807) is 42.5 Å². The molecule has 0 aliphatic heterocycles. The fourth-order valence-corrected chi connectivity index (χ4v) is 7.59. The van der Waals surface area contributed by atoms with E-state index in [0.717, 1.165) is 24.3 Å². The Kier molecular flexibility index (Phi) is 20.8. The topological polar surface area (TPSA) is 55.8 Å². The lowest BCUT2D eigenvalue weighted by Gasteiger charge is -2.43. The molecular formula is C50H29F38NO4. The lowest BCUT2D eigenvalue weighted by Crippen LogP contribution is -2.76. The molecule has 0 saturated heterocycles. The molecule has 0 radical (unpaired) electrons. The van der Waals surface area contributed by atoms with Gasteiger partial charge in [-0.25, -0.2) is 0 Å². The lowest BCUT2D eigenvalue weighted by molar-refractivity contribution is -0.478. The highest BCUT2D eigenvalue weighted by Gasteiger charge is 2.99. The first-order chi connectivity index (χ1) is 41.4. The Balaban J connectivity index is 1.51. The number of carbonyl (C=O) groups is 2. The molecule has 0 aliphatic carbocycles. The summed E-state index contributed by atoms with van der Waals surface area (Å²) in [6.07, 6.45) is -37.8. The molecule has 43 heteroatoms. The number of carbonyl (C=O) groups excluding carboxylic acids is 2. The predicted octanol–water partition coefficient (Wildman–Crippen LogP) is 19.8. The molecule has 0 amide bonds. The van der Waals surface area contributed by atoms with E-state index in [1.165, 1.54) is 41.3 Å². The highest BCUT2D eigenvalue weighted by atomic mass is 19.5. The van der Waals surface area contributed by atoms with Crippen LogP contribution in [0.5, 0.6) is 0 Å². The largest absolute Gasteiger partial charge is 0.473 e. The summed E-state index contributed by atoms with van der Waals surface area (Å²) in [6, 6.07) is 23.6. The summed E-state index contributed by atoms with van der Waals surface area (Å²) in [5, 5.41) is 0. The number of ether oxygens (including phenoxy) is 2. The van der Waals surface area contributed by atoms with Gasteiger partial charge in [-0.3, -0.25) is 9.59 Å². The molecule has 4 rings (SSSR count). The number of esters is 2. The van der Waals surface area contributed by atoms with Crippen molar-refractivity contribution in [1.29, 1.82) is 0 Å². The van der Waals surface area contributed by atoms with Crippen molar-refractivity contribution in [1.82, 2.24) is 0 Å². The summed E-state index contributed by atoms with van der Waals surface area (Å²) < 4.78 is 525. The standard InChI is InChI=1S/C50H29F38NO4/c51-33(52,35(55,56)39(63,64)43(71,72)47(79,80)81)37(59,60)41(67,68)45(75,76)49(85,86)92-31(90)10-4-6-24-12-18-28(19-13-24)89(30-22-16-27(17-23-30)26-8-2-1-3-9-26)29-20-14-25(15-21-29)7-5-11-32(91)93-50(87,88)46(77,78)42(69,70)38(61,62)34(53,54)36(57,58)40(65,66)44(73,74)48(82,83)84/h1-3,8-9,12-23H,4-7,10-11H2. The molecule has 0 aromatic heterocycles. The minimum atomic E-state index is -9.22. The number of hydrogen-bond donors (Lipinski definition) is 0. The first kappa shape index (κ1) is 78.4. The van der Waals surface area contributed by atoms with Crippen LogP contribution in [0, 0.1) is 0 Å². The number of benzene rings is 4. The first-order valence-corrected chi connectivity index (χ1v) is 24.1. The highest BCUT2D eigenvalue weighted by Crippen LogP contribution is 2.68. The number of alkyl halides is 38. The Labute approximate surface area is 491 Å². The second-order valence-electron chi connectivity index (χ2n) is 19.3. The van der Waals surface area contributed by atoms with Gasteiger partial charge in [0.15, 0.2) is 0 Å². The van der Waals surface area contributed by atoms with Crippen molar-refractivity contribution in [3.05, 3.63) is 114 Å². The van der Waals surface area contributed by atoms with E-state index in [4.69, 9.17) is 0 Å². The van der Waals surface area contributed by atoms with Gasteiger partial charge in [-0.2, -0.15) is 167 Å². The van der Waals surface area contributed by atoms with Crippen LogP contribution in [0.2, 0.25) is 0 Å². The minimum Gasteiger partial charge on any atom is -0.396 e. The number of aryl methyl sites for hydroxylation is 2. The number of nitrogens with zero attached hydrogens (tertiary/aromatic N) is 1. The summed E-state index contributed by atoms with van der Waals surface area (Å²) in [4.78, 5) is 25.5. The van der Waals surface area contributed by atoms with E-state index in [1.807, 2.05) is 0 Å². The Morgan fingerprint density at radius 1 is 0.269 bits per heavy atom. The van der Waals surface area contributed by atoms with Crippen LogP contribution in [0.1, 0.15) is 36.8 Å². The molecule has 4 aromatic rings. The number of anilines is 3. The average Bonchev–Trinajstić information content (AvgIpc) is 0.698. The number of rotatable bonds is 28. The van der Waals surface area contributed by atoms with Gasteiger partial charge in [0, 0.05) is 29.9 Å². The SMILES string of the molecule is O=C(CCCc1ccc(N(c2ccc(CCCC(=O)OC(F)(F)C(F)(F)C(F)(F)C(F)(F)C(F)(F)C(F)(F)C(F)(F)C(F)(F)C(F)(F)F)cc2)c2ccc(-c3ccccc3)cc2)cc1)OC(F)(F)C(F)(F)C(F)(F)C(F)(F)C(F)(F)C(F)(F)C(F)(F)C(F)(F)C(F)(F)F. The summed E-state index contributed by atoms with van der Waals surface area (Å²) in [6.45, 7) is 0. The van der Waals surface area contributed by atoms with Crippen molar-refractivity contribution < 1.29 is 186 Å². The molecule has 0 heterocycles. The van der Waals surface area contributed by atoms with Crippen LogP contribution in [0.4, 0.5) is 184 Å². The molecule has 0 bridgehead atoms. The summed E-state index contributed by atoms with van der Waals surface area (Å²) >= 11 is 0. The molecule has 0 unspecified atom stereocenters. The van der Waals surface area contributed by atoms with Gasteiger partial charge < -0.3 is 14.4 Å². The van der Waals surface area contributed by atoms with Gasteiger partial charge >= 0.3 is 119 Å². The van der Waals surface area contributed by atoms with Crippen molar-refractivity contribution in [3.8, 4) is 11.1 Å². The molecule has 0 fully saturated rings. The third-order valence-corrected chi connectivity index (χ3v) is 13.0. The van der Waals surface area contributed by atoms with Crippen molar-refractivity contribution in [2.75, 3.05) is 4.90 Å². The average molecular weight is 1430 g/mol.